The van der Waals surface area contributed by atoms with Gasteiger partial charge in [-0.05, 0) is 24.7 Å². The quantitative estimate of drug-likeness (QED) is 0.846. The lowest BCUT2D eigenvalue weighted by Crippen LogP contribution is -2.31. The van der Waals surface area contributed by atoms with Gasteiger partial charge in [-0.2, -0.15) is 0 Å². The topological polar surface area (TPSA) is 37.0 Å². The van der Waals surface area contributed by atoms with E-state index in [-0.39, 0.29) is 0 Å². The Labute approximate surface area is 116 Å². The molecule has 0 bridgehead atoms. The number of hydrogen-bond acceptors (Lipinski definition) is 3. The third-order valence-electron chi connectivity index (χ3n) is 2.55. The molecule has 0 amide bonds. The van der Waals surface area contributed by atoms with Crippen LogP contribution in [0.4, 0.5) is 0 Å². The maximum Gasteiger partial charge on any atom is 0.166 e. The Morgan fingerprint density at radius 1 is 1.33 bits per heavy atom. The average Bonchev–Trinajstić information content (AvgIpc) is 2.83. The van der Waals surface area contributed by atoms with Crippen LogP contribution in [-0.4, -0.2) is 17.1 Å². The highest BCUT2D eigenvalue weighted by Gasteiger charge is 2.02. The van der Waals surface area contributed by atoms with E-state index in [9.17, 15) is 0 Å². The first kappa shape index (κ1) is 13.0. The van der Waals surface area contributed by atoms with Crippen LogP contribution in [0.15, 0.2) is 29.6 Å². The number of aromatic nitrogens is 1. The molecule has 0 saturated heterocycles. The number of thiazole rings is 1. The Kier molecular flexibility index (Phi) is 4.28. The first-order valence-corrected chi connectivity index (χ1v) is 6.95. The minimum Gasteiger partial charge on any atom is -0.366 e. The van der Waals surface area contributed by atoms with Gasteiger partial charge in [0.25, 0.3) is 0 Å². The van der Waals surface area contributed by atoms with Gasteiger partial charge in [-0.3, -0.25) is 0 Å². The van der Waals surface area contributed by atoms with Crippen molar-refractivity contribution in [3.63, 3.8) is 0 Å². The standard InChI is InChI=1S/C13H15N3S2/c1-9-16-12(8-18-9)11-5-3-10(4-6-11)7-15-13(17)14-2/h3-6,8H,7H2,1-2H3,(H2,14,15,17). The zero-order valence-electron chi connectivity index (χ0n) is 10.4. The summed E-state index contributed by atoms with van der Waals surface area (Å²) in [6, 6.07) is 8.37. The van der Waals surface area contributed by atoms with Crippen LogP contribution in [0.3, 0.4) is 0 Å². The molecule has 1 aromatic heterocycles. The van der Waals surface area contributed by atoms with E-state index in [1.807, 2.05) is 14.0 Å². The van der Waals surface area contributed by atoms with Gasteiger partial charge >= 0.3 is 0 Å². The van der Waals surface area contributed by atoms with Gasteiger partial charge in [-0.1, -0.05) is 24.3 Å². The monoisotopic (exact) mass is 277 g/mol. The van der Waals surface area contributed by atoms with Crippen LogP contribution in [0.25, 0.3) is 11.3 Å². The highest BCUT2D eigenvalue weighted by atomic mass is 32.1. The van der Waals surface area contributed by atoms with Crippen molar-refractivity contribution in [2.75, 3.05) is 7.05 Å². The van der Waals surface area contributed by atoms with Gasteiger partial charge < -0.3 is 10.6 Å². The van der Waals surface area contributed by atoms with E-state index in [1.165, 1.54) is 5.56 Å². The van der Waals surface area contributed by atoms with Crippen LogP contribution >= 0.6 is 23.6 Å². The van der Waals surface area contributed by atoms with Crippen LogP contribution in [0.5, 0.6) is 0 Å². The molecule has 18 heavy (non-hydrogen) atoms. The smallest absolute Gasteiger partial charge is 0.166 e. The number of nitrogens with zero attached hydrogens (tertiary/aromatic N) is 1. The SMILES string of the molecule is CNC(=S)NCc1ccc(-c2csc(C)n2)cc1. The Morgan fingerprint density at radius 3 is 2.61 bits per heavy atom. The van der Waals surface area contributed by atoms with E-state index in [0.29, 0.717) is 5.11 Å². The fourth-order valence-electron chi connectivity index (χ4n) is 1.56. The molecule has 0 unspecified atom stereocenters. The van der Waals surface area contributed by atoms with Gasteiger partial charge in [0.15, 0.2) is 5.11 Å². The Balaban J connectivity index is 2.03. The van der Waals surface area contributed by atoms with Crippen molar-refractivity contribution in [3.05, 3.63) is 40.2 Å². The molecule has 94 valence electrons. The van der Waals surface area contributed by atoms with Crippen molar-refractivity contribution in [1.29, 1.82) is 0 Å². The summed E-state index contributed by atoms with van der Waals surface area (Å²) in [6.45, 7) is 2.75. The largest absolute Gasteiger partial charge is 0.366 e. The van der Waals surface area contributed by atoms with Gasteiger partial charge in [0.2, 0.25) is 0 Å². The summed E-state index contributed by atoms with van der Waals surface area (Å²) in [6.07, 6.45) is 0. The van der Waals surface area contributed by atoms with Crippen LogP contribution in [0.2, 0.25) is 0 Å². The molecular weight excluding hydrogens is 262 g/mol. The molecule has 2 rings (SSSR count). The molecule has 2 aromatic rings. The lowest BCUT2D eigenvalue weighted by molar-refractivity contribution is 0.891. The van der Waals surface area contributed by atoms with E-state index in [1.54, 1.807) is 11.3 Å². The van der Waals surface area contributed by atoms with Gasteiger partial charge in [0.1, 0.15) is 0 Å². The predicted octanol–water partition coefficient (Wildman–Crippen LogP) is 2.71. The molecule has 2 N–H and O–H groups in total. The highest BCUT2D eigenvalue weighted by Crippen LogP contribution is 2.21. The van der Waals surface area contributed by atoms with Crippen molar-refractivity contribution in [3.8, 4) is 11.3 Å². The molecule has 0 radical (unpaired) electrons. The summed E-state index contributed by atoms with van der Waals surface area (Å²) in [5, 5.41) is 9.84. The van der Waals surface area contributed by atoms with Crippen molar-refractivity contribution in [2.24, 2.45) is 0 Å². The fraction of sp³-hybridized carbons (Fsp3) is 0.231. The van der Waals surface area contributed by atoms with Gasteiger partial charge in [0.05, 0.1) is 10.7 Å². The average molecular weight is 277 g/mol. The van der Waals surface area contributed by atoms with Gasteiger partial charge in [-0.25, -0.2) is 4.98 Å². The second-order valence-corrected chi connectivity index (χ2v) is 5.35. The normalized spacial score (nSPS) is 10.1. The van der Waals surface area contributed by atoms with E-state index in [2.05, 4.69) is 45.3 Å². The molecule has 0 fully saturated rings. The number of aryl methyl sites for hydroxylation is 1. The van der Waals surface area contributed by atoms with Crippen LogP contribution in [0, 0.1) is 6.92 Å². The van der Waals surface area contributed by atoms with E-state index in [4.69, 9.17) is 12.2 Å². The minimum atomic E-state index is 0.661. The number of nitrogens with one attached hydrogen (secondary N) is 2. The Hall–Kier alpha value is -1.46. The fourth-order valence-corrected chi connectivity index (χ4v) is 2.25. The molecule has 0 aliphatic heterocycles. The Morgan fingerprint density at radius 2 is 2.06 bits per heavy atom. The van der Waals surface area contributed by atoms with E-state index < -0.39 is 0 Å². The third kappa shape index (κ3) is 3.27. The predicted molar refractivity (Wildman–Crippen MR) is 80.8 cm³/mol. The maximum absolute atomic E-state index is 5.03. The van der Waals surface area contributed by atoms with Gasteiger partial charge in [-0.15, -0.1) is 11.3 Å². The van der Waals surface area contributed by atoms with Gasteiger partial charge in [0, 0.05) is 24.5 Å². The summed E-state index contributed by atoms with van der Waals surface area (Å²) in [4.78, 5) is 4.47. The van der Waals surface area contributed by atoms with Crippen molar-refractivity contribution >= 4 is 28.7 Å². The summed E-state index contributed by atoms with van der Waals surface area (Å²) in [5.41, 5.74) is 3.39. The van der Waals surface area contributed by atoms with Crippen LogP contribution in [0.1, 0.15) is 10.6 Å². The molecular formula is C13H15N3S2. The molecule has 0 spiro atoms. The maximum atomic E-state index is 5.03. The van der Waals surface area contributed by atoms with Crippen molar-refractivity contribution in [2.45, 2.75) is 13.5 Å². The zero-order valence-corrected chi connectivity index (χ0v) is 12.0. The summed E-state index contributed by atoms with van der Waals surface area (Å²) < 4.78 is 0. The number of thiocarbonyl (C=S) groups is 1. The van der Waals surface area contributed by atoms with Crippen LogP contribution in [-0.2, 0) is 6.54 Å². The first-order valence-electron chi connectivity index (χ1n) is 5.66. The van der Waals surface area contributed by atoms with Crippen molar-refractivity contribution < 1.29 is 0 Å². The molecule has 5 heteroatoms. The van der Waals surface area contributed by atoms with Crippen LogP contribution < -0.4 is 10.6 Å². The first-order chi connectivity index (χ1) is 8.69. The molecule has 0 saturated carbocycles. The summed E-state index contributed by atoms with van der Waals surface area (Å²) in [5.74, 6) is 0. The third-order valence-corrected chi connectivity index (χ3v) is 3.67. The molecule has 1 heterocycles. The van der Waals surface area contributed by atoms with E-state index >= 15 is 0 Å². The highest BCUT2D eigenvalue weighted by molar-refractivity contribution is 7.80. The lowest BCUT2D eigenvalue weighted by atomic mass is 10.1. The molecule has 0 aliphatic carbocycles. The Bertz CT molecular complexity index is 531. The number of rotatable bonds is 3. The zero-order chi connectivity index (χ0) is 13.0. The molecule has 0 aliphatic rings. The minimum absolute atomic E-state index is 0.661. The van der Waals surface area contributed by atoms with Crippen molar-refractivity contribution in [1.82, 2.24) is 15.6 Å². The van der Waals surface area contributed by atoms with E-state index in [0.717, 1.165) is 22.8 Å². The molecule has 1 aromatic carbocycles. The number of hydrogen-bond donors (Lipinski definition) is 2. The lowest BCUT2D eigenvalue weighted by Gasteiger charge is -2.07. The number of benzene rings is 1. The molecule has 3 nitrogen and oxygen atoms in total. The summed E-state index contributed by atoms with van der Waals surface area (Å²) >= 11 is 6.70. The second-order valence-electron chi connectivity index (χ2n) is 3.88. The second kappa shape index (κ2) is 5.93. The summed E-state index contributed by atoms with van der Waals surface area (Å²) in [7, 11) is 1.81. The molecule has 0 atom stereocenters.